The minimum atomic E-state index is -3.74. The molecule has 0 saturated carbocycles. The van der Waals surface area contributed by atoms with Crippen molar-refractivity contribution in [3.63, 3.8) is 0 Å². The summed E-state index contributed by atoms with van der Waals surface area (Å²) in [5, 5.41) is 0. The first-order chi connectivity index (χ1) is 17.2. The Labute approximate surface area is 222 Å². The summed E-state index contributed by atoms with van der Waals surface area (Å²) in [5.41, 5.74) is 0. The Bertz CT molecular complexity index is 560. The molecule has 0 aliphatic heterocycles. The van der Waals surface area contributed by atoms with Gasteiger partial charge in [0.1, 0.15) is 6.10 Å². The molecule has 3 unspecified atom stereocenters. The second-order valence-electron chi connectivity index (χ2n) is 10.4. The van der Waals surface area contributed by atoms with Crippen LogP contribution in [0, 0.1) is 5.92 Å². The Balaban J connectivity index is 4.20. The van der Waals surface area contributed by atoms with Gasteiger partial charge in [-0.25, -0.2) is 0 Å². The van der Waals surface area contributed by atoms with E-state index in [1.165, 1.54) is 70.6 Å². The van der Waals surface area contributed by atoms with Gasteiger partial charge in [-0.05, 0) is 32.9 Å². The lowest BCUT2D eigenvalue weighted by molar-refractivity contribution is -0.154. The highest BCUT2D eigenvalue weighted by Crippen LogP contribution is 2.41. The molecule has 0 aliphatic rings. The molecule has 0 spiro atoms. The molecule has 0 aromatic rings. The summed E-state index contributed by atoms with van der Waals surface area (Å²) in [6.45, 7) is 7.49. The quantitative estimate of drug-likeness (QED) is 0.0712. The number of rotatable bonds is 26. The standard InChI is InChI=1S/C28H58NO6P/c1-6-9-10-11-12-13-14-15-16-17-19-26(8-3)20-22-33-24-27(35-28(30)18-7-2)25-34-36(31,32)23-21-29(4)5/h26-27H,6-25H2,1-5H3,(H,31,32). The summed E-state index contributed by atoms with van der Waals surface area (Å²) in [5.74, 6) is 0.309. The molecule has 0 heterocycles. The number of hydrogen-bond acceptors (Lipinski definition) is 6. The number of carbonyl (C=O) groups excluding carboxylic acids is 1. The maximum atomic E-state index is 12.3. The van der Waals surface area contributed by atoms with Crippen LogP contribution in [-0.2, 0) is 23.4 Å². The van der Waals surface area contributed by atoms with Gasteiger partial charge < -0.3 is 23.8 Å². The number of esters is 1. The van der Waals surface area contributed by atoms with Gasteiger partial charge in [0.15, 0.2) is 0 Å². The summed E-state index contributed by atoms with van der Waals surface area (Å²) >= 11 is 0. The molecule has 0 bridgehead atoms. The lowest BCUT2D eigenvalue weighted by Crippen LogP contribution is -2.29. The summed E-state index contributed by atoms with van der Waals surface area (Å²) in [6.07, 6.45) is 17.2. The smallest absolute Gasteiger partial charge is 0.329 e. The van der Waals surface area contributed by atoms with E-state index in [9.17, 15) is 14.3 Å². The fourth-order valence-electron chi connectivity index (χ4n) is 4.09. The molecule has 8 heteroatoms. The van der Waals surface area contributed by atoms with E-state index < -0.39 is 13.7 Å². The number of nitrogens with zero attached hydrogens (tertiary/aromatic N) is 1. The van der Waals surface area contributed by atoms with Gasteiger partial charge >= 0.3 is 13.6 Å². The van der Waals surface area contributed by atoms with Crippen LogP contribution in [0.1, 0.15) is 117 Å². The maximum absolute atomic E-state index is 12.3. The molecule has 0 aliphatic carbocycles. The number of unbranched alkanes of at least 4 members (excludes halogenated alkanes) is 9. The lowest BCUT2D eigenvalue weighted by atomic mass is 9.95. The second kappa shape index (κ2) is 23.6. The molecule has 1 N–H and O–H groups in total. The van der Waals surface area contributed by atoms with Gasteiger partial charge in [0.2, 0.25) is 0 Å². The zero-order chi connectivity index (χ0) is 27.1. The van der Waals surface area contributed by atoms with E-state index in [0.29, 0.717) is 31.9 Å². The van der Waals surface area contributed by atoms with Crippen LogP contribution in [0.5, 0.6) is 0 Å². The van der Waals surface area contributed by atoms with Crippen LogP contribution in [-0.4, -0.2) is 68.5 Å². The van der Waals surface area contributed by atoms with E-state index in [-0.39, 0.29) is 25.3 Å². The lowest BCUT2D eigenvalue weighted by Gasteiger charge is -2.21. The molecule has 0 radical (unpaired) electrons. The van der Waals surface area contributed by atoms with E-state index in [1.54, 1.807) is 0 Å². The molecule has 7 nitrogen and oxygen atoms in total. The molecule has 0 amide bonds. The van der Waals surface area contributed by atoms with Crippen molar-refractivity contribution in [2.45, 2.75) is 123 Å². The average Bonchev–Trinajstić information content (AvgIpc) is 2.83. The summed E-state index contributed by atoms with van der Waals surface area (Å²) in [6, 6.07) is 0. The molecular formula is C28H58NO6P. The Morgan fingerprint density at radius 1 is 0.861 bits per heavy atom. The van der Waals surface area contributed by atoms with Crippen molar-refractivity contribution in [2.24, 2.45) is 5.92 Å². The van der Waals surface area contributed by atoms with Crippen molar-refractivity contribution >= 4 is 13.6 Å². The number of carbonyl (C=O) groups is 1. The van der Waals surface area contributed by atoms with Gasteiger partial charge in [0.05, 0.1) is 19.4 Å². The normalized spacial score (nSPS) is 15.1. The summed E-state index contributed by atoms with van der Waals surface area (Å²) < 4.78 is 28.8. The van der Waals surface area contributed by atoms with Crippen LogP contribution in [0.4, 0.5) is 0 Å². The molecule has 3 atom stereocenters. The molecule has 36 heavy (non-hydrogen) atoms. The van der Waals surface area contributed by atoms with Crippen molar-refractivity contribution in [2.75, 3.05) is 46.6 Å². The Hall–Kier alpha value is -0.460. The van der Waals surface area contributed by atoms with Crippen LogP contribution < -0.4 is 0 Å². The van der Waals surface area contributed by atoms with Crippen molar-refractivity contribution < 1.29 is 28.3 Å². The number of hydrogen-bond donors (Lipinski definition) is 1. The number of ether oxygens (including phenoxy) is 2. The van der Waals surface area contributed by atoms with Crippen molar-refractivity contribution in [1.82, 2.24) is 4.90 Å². The topological polar surface area (TPSA) is 85.3 Å². The van der Waals surface area contributed by atoms with Crippen LogP contribution in [0.3, 0.4) is 0 Å². The molecule has 0 rings (SSSR count). The fraction of sp³-hybridized carbons (Fsp3) is 0.964. The highest BCUT2D eigenvalue weighted by atomic mass is 31.2. The van der Waals surface area contributed by atoms with Gasteiger partial charge in [-0.15, -0.1) is 0 Å². The second-order valence-corrected chi connectivity index (χ2v) is 12.4. The largest absolute Gasteiger partial charge is 0.457 e. The minimum Gasteiger partial charge on any atom is -0.457 e. The highest BCUT2D eigenvalue weighted by molar-refractivity contribution is 7.52. The maximum Gasteiger partial charge on any atom is 0.329 e. The van der Waals surface area contributed by atoms with Gasteiger partial charge in [-0.3, -0.25) is 9.36 Å². The zero-order valence-corrected chi connectivity index (χ0v) is 25.1. The van der Waals surface area contributed by atoms with E-state index in [0.717, 1.165) is 12.8 Å². The fourth-order valence-corrected chi connectivity index (χ4v) is 5.27. The average molecular weight is 536 g/mol. The Morgan fingerprint density at radius 2 is 1.47 bits per heavy atom. The SMILES string of the molecule is CCCCCCCCCCCCC(CC)CCOCC(COP(=O)(O)CCN(C)C)OC(=O)CCC. The molecule has 216 valence electrons. The van der Waals surface area contributed by atoms with Gasteiger partial charge in [-0.1, -0.05) is 97.8 Å². The minimum absolute atomic E-state index is 0.0353. The van der Waals surface area contributed by atoms with Crippen LogP contribution in [0.15, 0.2) is 0 Å². The first kappa shape index (κ1) is 35.5. The zero-order valence-electron chi connectivity index (χ0n) is 24.2. The van der Waals surface area contributed by atoms with Crippen molar-refractivity contribution in [3.05, 3.63) is 0 Å². The van der Waals surface area contributed by atoms with Crippen LogP contribution in [0.2, 0.25) is 0 Å². The van der Waals surface area contributed by atoms with Gasteiger partial charge in [0, 0.05) is 19.6 Å². The predicted molar refractivity (Wildman–Crippen MR) is 150 cm³/mol. The van der Waals surface area contributed by atoms with E-state index in [4.69, 9.17) is 14.0 Å². The van der Waals surface area contributed by atoms with E-state index in [1.807, 2.05) is 25.9 Å². The third-order valence-electron chi connectivity index (χ3n) is 6.56. The molecule has 0 aromatic heterocycles. The Kier molecular flexibility index (Phi) is 23.3. The third-order valence-corrected chi connectivity index (χ3v) is 7.88. The van der Waals surface area contributed by atoms with Gasteiger partial charge in [0.25, 0.3) is 0 Å². The first-order valence-corrected chi connectivity index (χ1v) is 16.4. The van der Waals surface area contributed by atoms with E-state index >= 15 is 0 Å². The Morgan fingerprint density at radius 3 is 2.03 bits per heavy atom. The van der Waals surface area contributed by atoms with Gasteiger partial charge in [-0.2, -0.15) is 0 Å². The van der Waals surface area contributed by atoms with Crippen molar-refractivity contribution in [1.29, 1.82) is 0 Å². The van der Waals surface area contributed by atoms with Crippen molar-refractivity contribution in [3.8, 4) is 0 Å². The molecule has 0 aromatic carbocycles. The third kappa shape index (κ3) is 22.7. The van der Waals surface area contributed by atoms with Crippen LogP contribution in [0.25, 0.3) is 0 Å². The molecule has 0 fully saturated rings. The summed E-state index contributed by atoms with van der Waals surface area (Å²) in [7, 11) is -0.0641. The predicted octanol–water partition coefficient (Wildman–Crippen LogP) is 7.21. The monoisotopic (exact) mass is 535 g/mol. The summed E-state index contributed by atoms with van der Waals surface area (Å²) in [4.78, 5) is 23.9. The first-order valence-electron chi connectivity index (χ1n) is 14.6. The van der Waals surface area contributed by atoms with Crippen LogP contribution >= 0.6 is 7.60 Å². The van der Waals surface area contributed by atoms with E-state index in [2.05, 4.69) is 13.8 Å². The molecule has 0 saturated heterocycles. The highest BCUT2D eigenvalue weighted by Gasteiger charge is 2.24. The molecular weight excluding hydrogens is 477 g/mol.